The van der Waals surface area contributed by atoms with Crippen molar-refractivity contribution in [1.29, 1.82) is 5.41 Å². The highest BCUT2D eigenvalue weighted by Gasteiger charge is 2.41. The summed E-state index contributed by atoms with van der Waals surface area (Å²) in [5.41, 5.74) is -0.241. The number of nitrogens with zero attached hydrogens (tertiary/aromatic N) is 4. The predicted molar refractivity (Wildman–Crippen MR) is 128 cm³/mol. The summed E-state index contributed by atoms with van der Waals surface area (Å²) in [6, 6.07) is 8.85. The molecule has 2 aromatic carbocycles. The van der Waals surface area contributed by atoms with Crippen LogP contribution in [0.1, 0.15) is 30.2 Å². The van der Waals surface area contributed by atoms with Gasteiger partial charge in [0.25, 0.3) is 0 Å². The van der Waals surface area contributed by atoms with E-state index in [-0.39, 0.29) is 27.9 Å². The van der Waals surface area contributed by atoms with Gasteiger partial charge in [0.05, 0.1) is 13.1 Å². The first-order valence-electron chi connectivity index (χ1n) is 11.2. The van der Waals surface area contributed by atoms with E-state index < -0.39 is 55.5 Å². The molecule has 0 spiro atoms. The SMILES string of the molecule is C[C@@H](O)c1nc(CNC(=O)N(C[C@H](O)C(F)(F)F)C(=N)c2ccc(Cl)cc2)nn1-c1ccccc1OC(F)(F)F. The molecule has 2 amide bonds. The van der Waals surface area contributed by atoms with E-state index in [0.717, 1.165) is 10.7 Å². The zero-order valence-corrected chi connectivity index (χ0v) is 21.1. The number of alkyl halides is 6. The average molecular weight is 595 g/mol. The maximum Gasteiger partial charge on any atom is 0.573 e. The predicted octanol–water partition coefficient (Wildman–Crippen LogP) is 4.33. The fraction of sp³-hybridized carbons (Fsp3) is 0.304. The molecule has 216 valence electrons. The van der Waals surface area contributed by atoms with Crippen molar-refractivity contribution in [3.8, 4) is 11.4 Å². The zero-order valence-electron chi connectivity index (χ0n) is 20.3. The molecule has 1 heterocycles. The van der Waals surface area contributed by atoms with Crippen LogP contribution in [0, 0.1) is 5.41 Å². The van der Waals surface area contributed by atoms with E-state index >= 15 is 0 Å². The number of halogens is 7. The van der Waals surface area contributed by atoms with Crippen LogP contribution < -0.4 is 10.1 Å². The van der Waals surface area contributed by atoms with Crippen molar-refractivity contribution in [1.82, 2.24) is 25.0 Å². The third-order valence-corrected chi connectivity index (χ3v) is 5.38. The van der Waals surface area contributed by atoms with Gasteiger partial charge in [-0.05, 0) is 43.3 Å². The summed E-state index contributed by atoms with van der Waals surface area (Å²) in [5.74, 6) is -1.85. The van der Waals surface area contributed by atoms with Gasteiger partial charge >= 0.3 is 18.6 Å². The number of carbonyl (C=O) groups is 1. The molecule has 0 aliphatic heterocycles. The standard InChI is InChI=1S/C23H21ClF6N6O4/c1-12(37)20-33-18(34-36(20)15-4-2-3-5-16(15)40-23(28,29)30)10-32-21(39)35(11-17(38)22(25,26)27)19(31)13-6-8-14(24)9-7-13/h2-9,12,17,31,37-38H,10-11H2,1H3,(H,32,39)/t12-,17+/m1/s1. The van der Waals surface area contributed by atoms with Gasteiger partial charge in [-0.3, -0.25) is 10.3 Å². The number of aliphatic hydroxyl groups excluding tert-OH is 2. The molecular weight excluding hydrogens is 574 g/mol. The number of para-hydroxylation sites is 2. The summed E-state index contributed by atoms with van der Waals surface area (Å²) in [6.07, 6.45) is -14.5. The maximum atomic E-state index is 13.0. The van der Waals surface area contributed by atoms with E-state index in [4.69, 9.17) is 17.0 Å². The van der Waals surface area contributed by atoms with Crippen LogP contribution >= 0.6 is 11.6 Å². The molecule has 0 radical (unpaired) electrons. The minimum Gasteiger partial charge on any atom is -0.403 e. The number of ether oxygens (including phenoxy) is 1. The normalized spacial score (nSPS) is 13.4. The molecule has 10 nitrogen and oxygen atoms in total. The summed E-state index contributed by atoms with van der Waals surface area (Å²) < 4.78 is 82.6. The number of hydrogen-bond donors (Lipinski definition) is 4. The van der Waals surface area contributed by atoms with E-state index in [9.17, 15) is 41.4 Å². The highest BCUT2D eigenvalue weighted by atomic mass is 35.5. The number of urea groups is 1. The van der Waals surface area contributed by atoms with E-state index in [1.54, 1.807) is 0 Å². The minimum absolute atomic E-state index is 0.00832. The fourth-order valence-electron chi connectivity index (χ4n) is 3.30. The monoisotopic (exact) mass is 594 g/mol. The number of benzene rings is 2. The zero-order chi connectivity index (χ0) is 29.8. The lowest BCUT2D eigenvalue weighted by molar-refractivity contribution is -0.274. The molecule has 0 aliphatic rings. The Hall–Kier alpha value is -3.89. The fourth-order valence-corrected chi connectivity index (χ4v) is 3.43. The molecule has 0 saturated carbocycles. The number of rotatable bonds is 8. The summed E-state index contributed by atoms with van der Waals surface area (Å²) in [4.78, 5) is 17.2. The molecule has 0 saturated heterocycles. The molecule has 17 heteroatoms. The van der Waals surface area contributed by atoms with Gasteiger partial charge in [-0.25, -0.2) is 14.5 Å². The second kappa shape index (κ2) is 12.1. The van der Waals surface area contributed by atoms with E-state index in [1.165, 1.54) is 49.4 Å². The van der Waals surface area contributed by atoms with Crippen molar-refractivity contribution in [2.75, 3.05) is 6.54 Å². The van der Waals surface area contributed by atoms with Crippen LogP contribution in [0.25, 0.3) is 5.69 Å². The number of amidine groups is 1. The number of amides is 2. The largest absolute Gasteiger partial charge is 0.573 e. The molecule has 40 heavy (non-hydrogen) atoms. The van der Waals surface area contributed by atoms with Gasteiger partial charge in [-0.15, -0.1) is 18.3 Å². The lowest BCUT2D eigenvalue weighted by Gasteiger charge is -2.26. The molecule has 3 aromatic rings. The average Bonchev–Trinajstić information content (AvgIpc) is 3.29. The van der Waals surface area contributed by atoms with Crippen molar-refractivity contribution in [3.63, 3.8) is 0 Å². The first-order chi connectivity index (χ1) is 18.6. The van der Waals surface area contributed by atoms with Crippen LogP contribution in [0.5, 0.6) is 5.75 Å². The van der Waals surface area contributed by atoms with Crippen molar-refractivity contribution < 1.29 is 46.1 Å². The molecule has 0 aliphatic carbocycles. The number of carbonyl (C=O) groups excluding carboxylic acids is 1. The quantitative estimate of drug-likeness (QED) is 0.174. The van der Waals surface area contributed by atoms with Gasteiger partial charge in [0.2, 0.25) is 0 Å². The minimum atomic E-state index is -5.10. The molecule has 0 unspecified atom stereocenters. The second-order valence-corrected chi connectivity index (χ2v) is 8.61. The van der Waals surface area contributed by atoms with Crippen molar-refractivity contribution >= 4 is 23.5 Å². The third kappa shape index (κ3) is 7.83. The molecule has 0 bridgehead atoms. The van der Waals surface area contributed by atoms with Crippen LogP contribution in [0.15, 0.2) is 48.5 Å². The molecule has 1 aromatic heterocycles. The smallest absolute Gasteiger partial charge is 0.403 e. The van der Waals surface area contributed by atoms with E-state index in [2.05, 4.69) is 20.1 Å². The Labute approximate surface area is 227 Å². The Morgan fingerprint density at radius 3 is 2.33 bits per heavy atom. The number of aromatic nitrogens is 3. The van der Waals surface area contributed by atoms with Gasteiger partial charge in [0.1, 0.15) is 17.6 Å². The molecule has 4 N–H and O–H groups in total. The maximum absolute atomic E-state index is 13.0. The van der Waals surface area contributed by atoms with E-state index in [1.807, 2.05) is 0 Å². The van der Waals surface area contributed by atoms with E-state index in [0.29, 0.717) is 4.90 Å². The summed E-state index contributed by atoms with van der Waals surface area (Å²) in [5, 5.41) is 34.4. The topological polar surface area (TPSA) is 137 Å². The van der Waals surface area contributed by atoms with Gasteiger partial charge in [0, 0.05) is 10.6 Å². The highest BCUT2D eigenvalue weighted by molar-refractivity contribution is 6.30. The van der Waals surface area contributed by atoms with Crippen molar-refractivity contribution in [2.24, 2.45) is 0 Å². The number of aliphatic hydroxyl groups is 2. The number of hydrogen-bond acceptors (Lipinski definition) is 7. The van der Waals surface area contributed by atoms with Crippen LogP contribution in [-0.2, 0) is 6.54 Å². The van der Waals surface area contributed by atoms with Gasteiger partial charge in [-0.2, -0.15) is 13.2 Å². The first-order valence-corrected chi connectivity index (χ1v) is 11.6. The third-order valence-electron chi connectivity index (χ3n) is 5.13. The number of nitrogens with one attached hydrogen (secondary N) is 2. The van der Waals surface area contributed by atoms with Gasteiger partial charge in [-0.1, -0.05) is 23.7 Å². The lowest BCUT2D eigenvalue weighted by Crippen LogP contribution is -2.50. The Morgan fingerprint density at radius 1 is 1.12 bits per heavy atom. The summed E-state index contributed by atoms with van der Waals surface area (Å²) >= 11 is 5.79. The summed E-state index contributed by atoms with van der Waals surface area (Å²) in [7, 11) is 0. The Kier molecular flexibility index (Phi) is 9.27. The Balaban J connectivity index is 1.88. The molecule has 3 rings (SSSR count). The highest BCUT2D eigenvalue weighted by Crippen LogP contribution is 2.30. The Bertz CT molecular complexity index is 1350. The van der Waals surface area contributed by atoms with Crippen LogP contribution in [0.2, 0.25) is 5.02 Å². The van der Waals surface area contributed by atoms with Crippen molar-refractivity contribution in [3.05, 3.63) is 70.8 Å². The lowest BCUT2D eigenvalue weighted by atomic mass is 10.2. The first kappa shape index (κ1) is 30.6. The van der Waals surface area contributed by atoms with Crippen molar-refractivity contribution in [2.45, 2.75) is 38.2 Å². The Morgan fingerprint density at radius 2 is 1.75 bits per heavy atom. The summed E-state index contributed by atoms with van der Waals surface area (Å²) in [6.45, 7) is -0.663. The molecule has 2 atom stereocenters. The molecular formula is C23H21ClF6N6O4. The van der Waals surface area contributed by atoms with Gasteiger partial charge in [0.15, 0.2) is 23.5 Å². The van der Waals surface area contributed by atoms with Crippen LogP contribution in [0.4, 0.5) is 31.1 Å². The van der Waals surface area contributed by atoms with Crippen LogP contribution in [-0.4, -0.2) is 66.9 Å². The second-order valence-electron chi connectivity index (χ2n) is 8.17. The molecule has 0 fully saturated rings. The van der Waals surface area contributed by atoms with Gasteiger partial charge < -0.3 is 20.3 Å². The van der Waals surface area contributed by atoms with Crippen LogP contribution in [0.3, 0.4) is 0 Å².